The first-order valence-electron chi connectivity index (χ1n) is 8.67. The molecule has 5 atom stereocenters. The number of nitrogens with one attached hydrogen (secondary N) is 1. The van der Waals surface area contributed by atoms with E-state index >= 15 is 0 Å². The summed E-state index contributed by atoms with van der Waals surface area (Å²) in [7, 11) is 0. The van der Waals surface area contributed by atoms with Crippen LogP contribution < -0.4 is 0 Å². The summed E-state index contributed by atoms with van der Waals surface area (Å²) in [5, 5.41) is 28.9. The number of benzene rings is 1. The van der Waals surface area contributed by atoms with E-state index in [2.05, 4.69) is 17.1 Å². The second-order valence-corrected chi connectivity index (χ2v) is 7.37. The van der Waals surface area contributed by atoms with Crippen molar-refractivity contribution in [1.82, 2.24) is 0 Å². The maximum absolute atomic E-state index is 13.9. The van der Waals surface area contributed by atoms with Gasteiger partial charge in [-0.05, 0) is 30.5 Å². The Bertz CT molecular complexity index is 963. The summed E-state index contributed by atoms with van der Waals surface area (Å²) in [6.07, 6.45) is 2.00. The SMILES string of the molecule is N#C[C@@]12C3=NC(=N)[C@]1(C#N)[C@@H]1CCCC[C@]1(O3)O[C@H]2c1cccc(F)c1. The van der Waals surface area contributed by atoms with E-state index in [0.29, 0.717) is 18.4 Å². The Labute approximate surface area is 149 Å². The van der Waals surface area contributed by atoms with Crippen molar-refractivity contribution >= 4 is 11.7 Å². The molecule has 0 aromatic heterocycles. The van der Waals surface area contributed by atoms with Crippen molar-refractivity contribution < 1.29 is 13.9 Å². The molecule has 6 rings (SSSR count). The molecule has 1 saturated carbocycles. The van der Waals surface area contributed by atoms with Crippen LogP contribution in [0.2, 0.25) is 0 Å². The normalized spacial score (nSPS) is 42.3. The molecule has 1 spiro atoms. The van der Waals surface area contributed by atoms with Crippen molar-refractivity contribution in [1.29, 1.82) is 15.9 Å². The average molecular weight is 350 g/mol. The Morgan fingerprint density at radius 3 is 2.77 bits per heavy atom. The van der Waals surface area contributed by atoms with E-state index in [9.17, 15) is 14.9 Å². The van der Waals surface area contributed by atoms with Crippen molar-refractivity contribution in [3.63, 3.8) is 0 Å². The van der Waals surface area contributed by atoms with Gasteiger partial charge < -0.3 is 9.47 Å². The number of nitriles is 2. The summed E-state index contributed by atoms with van der Waals surface area (Å²) < 4.78 is 26.3. The molecule has 0 unspecified atom stereocenters. The molecular formula is C19H15FN4O2. The van der Waals surface area contributed by atoms with Gasteiger partial charge >= 0.3 is 0 Å². The maximum Gasteiger partial charge on any atom is 0.218 e. The molecule has 26 heavy (non-hydrogen) atoms. The second kappa shape index (κ2) is 4.69. The number of nitrogens with zero attached hydrogens (tertiary/aromatic N) is 3. The topological polar surface area (TPSA) is 102 Å². The Morgan fingerprint density at radius 1 is 1.23 bits per heavy atom. The number of halogens is 1. The molecule has 1 N–H and O–H groups in total. The van der Waals surface area contributed by atoms with Crippen LogP contribution in [0.3, 0.4) is 0 Å². The van der Waals surface area contributed by atoms with Gasteiger partial charge in [-0.2, -0.15) is 15.5 Å². The van der Waals surface area contributed by atoms with Gasteiger partial charge in [-0.3, -0.25) is 5.41 Å². The number of hydrogen-bond acceptors (Lipinski definition) is 5. The number of ether oxygens (including phenoxy) is 2. The van der Waals surface area contributed by atoms with E-state index in [1.807, 2.05) is 0 Å². The molecule has 7 heteroatoms. The summed E-state index contributed by atoms with van der Waals surface area (Å²) >= 11 is 0. The molecule has 1 aliphatic carbocycles. The molecule has 6 nitrogen and oxygen atoms in total. The third-order valence-corrected chi connectivity index (χ3v) is 6.35. The number of amidine groups is 1. The largest absolute Gasteiger partial charge is 0.447 e. The van der Waals surface area contributed by atoms with Crippen LogP contribution in [0.5, 0.6) is 0 Å². The Balaban J connectivity index is 1.82. The van der Waals surface area contributed by atoms with E-state index in [1.54, 1.807) is 12.1 Å². The lowest BCUT2D eigenvalue weighted by Gasteiger charge is -2.63. The molecule has 0 amide bonds. The minimum absolute atomic E-state index is 0.0743. The van der Waals surface area contributed by atoms with Crippen LogP contribution in [0, 0.1) is 50.6 Å². The van der Waals surface area contributed by atoms with Gasteiger partial charge in [0.2, 0.25) is 11.7 Å². The van der Waals surface area contributed by atoms with Gasteiger partial charge in [0.15, 0.2) is 10.8 Å². The highest BCUT2D eigenvalue weighted by molar-refractivity contribution is 6.12. The fourth-order valence-electron chi connectivity index (χ4n) is 5.30. The quantitative estimate of drug-likeness (QED) is 0.840. The maximum atomic E-state index is 13.9. The molecule has 4 aliphatic heterocycles. The average Bonchev–Trinajstić information content (AvgIpc) is 2.84. The van der Waals surface area contributed by atoms with Crippen LogP contribution in [-0.4, -0.2) is 17.5 Å². The highest BCUT2D eigenvalue weighted by Gasteiger charge is 2.83. The van der Waals surface area contributed by atoms with E-state index in [4.69, 9.17) is 14.9 Å². The van der Waals surface area contributed by atoms with Gasteiger partial charge in [-0.15, -0.1) is 0 Å². The zero-order chi connectivity index (χ0) is 18.2. The highest BCUT2D eigenvalue weighted by atomic mass is 19.1. The van der Waals surface area contributed by atoms with Gasteiger partial charge in [0.25, 0.3) is 0 Å². The van der Waals surface area contributed by atoms with E-state index in [1.165, 1.54) is 12.1 Å². The lowest BCUT2D eigenvalue weighted by Crippen LogP contribution is -2.72. The minimum Gasteiger partial charge on any atom is -0.447 e. The number of hydrogen-bond donors (Lipinski definition) is 1. The molecule has 1 aromatic carbocycles. The summed E-state index contributed by atoms with van der Waals surface area (Å²) in [5.41, 5.74) is -2.55. The van der Waals surface area contributed by atoms with Gasteiger partial charge in [-0.1, -0.05) is 18.6 Å². The summed E-state index contributed by atoms with van der Waals surface area (Å²) in [4.78, 5) is 4.20. The molecule has 4 fully saturated rings. The summed E-state index contributed by atoms with van der Waals surface area (Å²) in [6.45, 7) is 0. The summed E-state index contributed by atoms with van der Waals surface area (Å²) in [6, 6.07) is 10.3. The second-order valence-electron chi connectivity index (χ2n) is 7.37. The zero-order valence-corrected chi connectivity index (χ0v) is 13.8. The monoisotopic (exact) mass is 350 g/mol. The van der Waals surface area contributed by atoms with Crippen molar-refractivity contribution in [2.24, 2.45) is 21.7 Å². The van der Waals surface area contributed by atoms with Crippen LogP contribution >= 0.6 is 0 Å². The first-order chi connectivity index (χ1) is 12.5. The standard InChI is InChI=1S/C19H15FN4O2/c20-12-5-3-4-11(8-12)14-18(10-22)16-24-15(23)17(18,9-21)13-6-1-2-7-19(13,25-14)26-16/h3-5,8,13-14,23H,1-2,6-7H2/t13-,14-,17-,18+,19+/m0/s1. The fourth-order valence-corrected chi connectivity index (χ4v) is 5.30. The first kappa shape index (κ1) is 15.5. The predicted molar refractivity (Wildman–Crippen MR) is 87.3 cm³/mol. The molecule has 0 radical (unpaired) electrons. The van der Waals surface area contributed by atoms with Gasteiger partial charge in [-0.25, -0.2) is 4.39 Å². The van der Waals surface area contributed by atoms with Crippen LogP contribution in [0.4, 0.5) is 4.39 Å². The van der Waals surface area contributed by atoms with Crippen molar-refractivity contribution in [2.45, 2.75) is 37.6 Å². The molecule has 130 valence electrons. The number of aliphatic imine (C=N–C) groups is 1. The third-order valence-electron chi connectivity index (χ3n) is 6.35. The third kappa shape index (κ3) is 1.42. The van der Waals surface area contributed by atoms with Crippen molar-refractivity contribution in [3.05, 3.63) is 35.6 Å². The van der Waals surface area contributed by atoms with Crippen LogP contribution in [0.15, 0.2) is 29.3 Å². The minimum atomic E-state index is -1.57. The zero-order valence-electron chi connectivity index (χ0n) is 13.8. The van der Waals surface area contributed by atoms with Crippen molar-refractivity contribution in [3.8, 4) is 12.1 Å². The smallest absolute Gasteiger partial charge is 0.218 e. The number of fused-ring (bicyclic) bond motifs is 1. The summed E-state index contributed by atoms with van der Waals surface area (Å²) in [5.74, 6) is -2.05. The highest BCUT2D eigenvalue weighted by Crippen LogP contribution is 2.72. The predicted octanol–water partition coefficient (Wildman–Crippen LogP) is 3.22. The Hall–Kier alpha value is -2.77. The van der Waals surface area contributed by atoms with Crippen LogP contribution in [0.1, 0.15) is 37.4 Å². The lowest BCUT2D eigenvalue weighted by molar-refractivity contribution is -0.355. The van der Waals surface area contributed by atoms with Gasteiger partial charge in [0.05, 0.1) is 18.1 Å². The Morgan fingerprint density at radius 2 is 2.04 bits per heavy atom. The van der Waals surface area contributed by atoms with E-state index < -0.39 is 34.5 Å². The van der Waals surface area contributed by atoms with Crippen LogP contribution in [-0.2, 0) is 9.47 Å². The number of rotatable bonds is 1. The molecule has 4 bridgehead atoms. The van der Waals surface area contributed by atoms with Gasteiger partial charge in [0.1, 0.15) is 17.8 Å². The van der Waals surface area contributed by atoms with E-state index in [-0.39, 0.29) is 11.7 Å². The molecule has 5 aliphatic rings. The lowest BCUT2D eigenvalue weighted by atomic mass is 9.48. The molecule has 4 heterocycles. The fraction of sp³-hybridized carbons (Fsp3) is 0.474. The molecular weight excluding hydrogens is 335 g/mol. The first-order valence-corrected chi connectivity index (χ1v) is 8.67. The van der Waals surface area contributed by atoms with Crippen molar-refractivity contribution in [2.75, 3.05) is 0 Å². The molecule has 3 saturated heterocycles. The van der Waals surface area contributed by atoms with Gasteiger partial charge in [0, 0.05) is 6.42 Å². The Kier molecular flexibility index (Phi) is 2.79. The molecule has 1 aromatic rings. The van der Waals surface area contributed by atoms with E-state index in [0.717, 1.165) is 12.8 Å². The van der Waals surface area contributed by atoms with Crippen LogP contribution in [0.25, 0.3) is 0 Å².